The highest BCUT2D eigenvalue weighted by molar-refractivity contribution is 5.95. The Hall–Kier alpha value is -2.14. The summed E-state index contributed by atoms with van der Waals surface area (Å²) in [5.41, 5.74) is 2.61. The van der Waals surface area contributed by atoms with Crippen molar-refractivity contribution in [2.24, 2.45) is 7.05 Å². The minimum Gasteiger partial charge on any atom is -0.383 e. The molecule has 1 amide bonds. The molecular weight excluding hydrogens is 266 g/mol. The molecule has 5 heteroatoms. The molecule has 0 saturated heterocycles. The van der Waals surface area contributed by atoms with Gasteiger partial charge in [-0.05, 0) is 12.5 Å². The summed E-state index contributed by atoms with van der Waals surface area (Å²) >= 11 is 0. The fourth-order valence-corrected chi connectivity index (χ4v) is 2.14. The summed E-state index contributed by atoms with van der Waals surface area (Å²) in [4.78, 5) is 14.5. The summed E-state index contributed by atoms with van der Waals surface area (Å²) in [5, 5.41) is 4.14. The summed E-state index contributed by atoms with van der Waals surface area (Å²) < 4.78 is 6.83. The van der Waals surface area contributed by atoms with E-state index in [9.17, 15) is 4.79 Å². The molecule has 0 saturated carbocycles. The lowest BCUT2D eigenvalue weighted by atomic mass is 10.2. The molecule has 0 bridgehead atoms. The van der Waals surface area contributed by atoms with Gasteiger partial charge in [-0.25, -0.2) is 0 Å². The van der Waals surface area contributed by atoms with Crippen LogP contribution in [0.3, 0.4) is 0 Å². The van der Waals surface area contributed by atoms with Gasteiger partial charge in [0.1, 0.15) is 0 Å². The topological polar surface area (TPSA) is 47.4 Å². The van der Waals surface area contributed by atoms with E-state index in [4.69, 9.17) is 4.74 Å². The first-order valence-electron chi connectivity index (χ1n) is 6.94. The van der Waals surface area contributed by atoms with Gasteiger partial charge in [-0.15, -0.1) is 0 Å². The van der Waals surface area contributed by atoms with E-state index in [2.05, 4.69) is 5.10 Å². The van der Waals surface area contributed by atoms with Crippen LogP contribution in [0.4, 0.5) is 0 Å². The van der Waals surface area contributed by atoms with Crippen molar-refractivity contribution >= 4 is 5.91 Å². The van der Waals surface area contributed by atoms with Crippen molar-refractivity contribution in [2.75, 3.05) is 20.3 Å². The lowest BCUT2D eigenvalue weighted by Gasteiger charge is -2.22. The van der Waals surface area contributed by atoms with Crippen LogP contribution in [-0.2, 0) is 18.3 Å². The van der Waals surface area contributed by atoms with E-state index >= 15 is 0 Å². The van der Waals surface area contributed by atoms with Gasteiger partial charge >= 0.3 is 0 Å². The van der Waals surface area contributed by atoms with Crippen LogP contribution in [0.1, 0.15) is 21.6 Å². The molecule has 0 atom stereocenters. The summed E-state index contributed by atoms with van der Waals surface area (Å²) in [6, 6.07) is 9.95. The zero-order chi connectivity index (χ0) is 15.2. The van der Waals surface area contributed by atoms with Gasteiger partial charge in [0.05, 0.1) is 18.4 Å². The summed E-state index contributed by atoms with van der Waals surface area (Å²) in [6.45, 7) is 3.53. The van der Waals surface area contributed by atoms with E-state index < -0.39 is 0 Å². The Kier molecular flexibility index (Phi) is 5.11. The highest BCUT2D eigenvalue weighted by Gasteiger charge is 2.20. The standard InChI is InChI=1S/C16H21N3O2/c1-13-15(11-17-18(13)2)16(20)19(9-10-21-3)12-14-7-5-4-6-8-14/h4-8,11H,9-10,12H2,1-3H3. The Morgan fingerprint density at radius 3 is 2.62 bits per heavy atom. The number of hydrogen-bond donors (Lipinski definition) is 0. The number of benzene rings is 1. The molecule has 2 aromatic rings. The minimum atomic E-state index is -0.0125. The first-order chi connectivity index (χ1) is 10.1. The van der Waals surface area contributed by atoms with Gasteiger partial charge in [0.2, 0.25) is 0 Å². The molecule has 0 unspecified atom stereocenters. The Morgan fingerprint density at radius 2 is 2.05 bits per heavy atom. The van der Waals surface area contributed by atoms with Crippen molar-refractivity contribution in [1.82, 2.24) is 14.7 Å². The first-order valence-corrected chi connectivity index (χ1v) is 6.94. The molecule has 2 rings (SSSR count). The smallest absolute Gasteiger partial charge is 0.257 e. The number of hydrogen-bond acceptors (Lipinski definition) is 3. The summed E-state index contributed by atoms with van der Waals surface area (Å²) in [7, 11) is 3.48. The maximum absolute atomic E-state index is 12.7. The van der Waals surface area contributed by atoms with Crippen molar-refractivity contribution in [2.45, 2.75) is 13.5 Å². The van der Waals surface area contributed by atoms with E-state index in [0.29, 0.717) is 25.3 Å². The monoisotopic (exact) mass is 287 g/mol. The average molecular weight is 287 g/mol. The highest BCUT2D eigenvalue weighted by Crippen LogP contribution is 2.13. The number of carbonyl (C=O) groups is 1. The van der Waals surface area contributed by atoms with Crippen molar-refractivity contribution in [1.29, 1.82) is 0 Å². The second-order valence-electron chi connectivity index (χ2n) is 4.97. The molecule has 1 heterocycles. The predicted molar refractivity (Wildman–Crippen MR) is 81.0 cm³/mol. The zero-order valence-electron chi connectivity index (χ0n) is 12.7. The fraction of sp³-hybridized carbons (Fsp3) is 0.375. The molecule has 21 heavy (non-hydrogen) atoms. The van der Waals surface area contributed by atoms with Crippen molar-refractivity contribution in [3.63, 3.8) is 0 Å². The number of rotatable bonds is 6. The number of aromatic nitrogens is 2. The van der Waals surface area contributed by atoms with E-state index in [1.54, 1.807) is 22.9 Å². The molecule has 0 radical (unpaired) electrons. The summed E-state index contributed by atoms with van der Waals surface area (Å²) in [6.07, 6.45) is 1.63. The molecule has 1 aromatic carbocycles. The number of nitrogens with zero attached hydrogens (tertiary/aromatic N) is 3. The Balaban J connectivity index is 2.19. The normalized spacial score (nSPS) is 10.6. The number of amides is 1. The van der Waals surface area contributed by atoms with Crippen LogP contribution in [0, 0.1) is 6.92 Å². The second-order valence-corrected chi connectivity index (χ2v) is 4.97. The van der Waals surface area contributed by atoms with Crippen molar-refractivity contribution in [3.8, 4) is 0 Å². The fourth-order valence-electron chi connectivity index (χ4n) is 2.14. The molecule has 0 spiro atoms. The molecule has 0 N–H and O–H groups in total. The molecule has 0 aliphatic rings. The molecule has 5 nitrogen and oxygen atoms in total. The van der Waals surface area contributed by atoms with Crippen LogP contribution in [0.25, 0.3) is 0 Å². The van der Waals surface area contributed by atoms with Gasteiger partial charge in [0.25, 0.3) is 5.91 Å². The van der Waals surface area contributed by atoms with Crippen LogP contribution in [0.2, 0.25) is 0 Å². The SMILES string of the molecule is COCCN(Cc1ccccc1)C(=O)c1cnn(C)c1C. The van der Waals surface area contributed by atoms with Crippen molar-refractivity contribution < 1.29 is 9.53 Å². The van der Waals surface area contributed by atoms with E-state index in [1.807, 2.05) is 44.3 Å². The third-order valence-electron chi connectivity index (χ3n) is 3.53. The van der Waals surface area contributed by atoms with Gasteiger partial charge in [-0.2, -0.15) is 5.10 Å². The van der Waals surface area contributed by atoms with Crippen LogP contribution < -0.4 is 0 Å². The largest absolute Gasteiger partial charge is 0.383 e. The third-order valence-corrected chi connectivity index (χ3v) is 3.53. The van der Waals surface area contributed by atoms with Crippen LogP contribution in [-0.4, -0.2) is 40.8 Å². The number of aryl methyl sites for hydroxylation is 1. The van der Waals surface area contributed by atoms with Crippen LogP contribution >= 0.6 is 0 Å². The Bertz CT molecular complexity index is 593. The number of carbonyl (C=O) groups excluding carboxylic acids is 1. The zero-order valence-corrected chi connectivity index (χ0v) is 12.7. The average Bonchev–Trinajstić information content (AvgIpc) is 2.84. The molecule has 0 aliphatic carbocycles. The van der Waals surface area contributed by atoms with Gasteiger partial charge in [0.15, 0.2) is 0 Å². The van der Waals surface area contributed by atoms with E-state index in [-0.39, 0.29) is 5.91 Å². The maximum atomic E-state index is 12.7. The Labute approximate surface area is 125 Å². The summed E-state index contributed by atoms with van der Waals surface area (Å²) in [5.74, 6) is -0.0125. The van der Waals surface area contributed by atoms with E-state index in [0.717, 1.165) is 11.3 Å². The molecule has 112 valence electrons. The minimum absolute atomic E-state index is 0.0125. The van der Waals surface area contributed by atoms with Gasteiger partial charge in [0, 0.05) is 32.9 Å². The first kappa shape index (κ1) is 15.3. The van der Waals surface area contributed by atoms with Gasteiger partial charge < -0.3 is 9.64 Å². The number of ether oxygens (including phenoxy) is 1. The van der Waals surface area contributed by atoms with Crippen molar-refractivity contribution in [3.05, 3.63) is 53.3 Å². The lowest BCUT2D eigenvalue weighted by Crippen LogP contribution is -2.33. The quantitative estimate of drug-likeness (QED) is 0.816. The van der Waals surface area contributed by atoms with Crippen LogP contribution in [0.5, 0.6) is 0 Å². The Morgan fingerprint density at radius 1 is 1.33 bits per heavy atom. The molecular formula is C16H21N3O2. The van der Waals surface area contributed by atoms with E-state index in [1.165, 1.54) is 0 Å². The molecule has 1 aromatic heterocycles. The second kappa shape index (κ2) is 7.04. The maximum Gasteiger partial charge on any atom is 0.257 e. The van der Waals surface area contributed by atoms with Gasteiger partial charge in [-0.3, -0.25) is 9.48 Å². The number of methoxy groups -OCH3 is 1. The lowest BCUT2D eigenvalue weighted by molar-refractivity contribution is 0.0679. The van der Waals surface area contributed by atoms with Gasteiger partial charge in [-0.1, -0.05) is 30.3 Å². The third kappa shape index (κ3) is 3.70. The molecule has 0 aliphatic heterocycles. The predicted octanol–water partition coefficient (Wildman–Crippen LogP) is 2.02. The van der Waals surface area contributed by atoms with Crippen LogP contribution in [0.15, 0.2) is 36.5 Å². The highest BCUT2D eigenvalue weighted by atomic mass is 16.5. The molecule has 0 fully saturated rings.